The summed E-state index contributed by atoms with van der Waals surface area (Å²) in [5.41, 5.74) is 11.7. The summed E-state index contributed by atoms with van der Waals surface area (Å²) in [4.78, 5) is 2.43. The van der Waals surface area contributed by atoms with E-state index in [0.29, 0.717) is 0 Å². The van der Waals surface area contributed by atoms with Crippen molar-refractivity contribution in [3.63, 3.8) is 0 Å². The van der Waals surface area contributed by atoms with E-state index >= 15 is 0 Å². The Balaban J connectivity index is 1.08. The van der Waals surface area contributed by atoms with Gasteiger partial charge in [0.1, 0.15) is 0 Å². The van der Waals surface area contributed by atoms with Gasteiger partial charge >= 0.3 is 0 Å². The summed E-state index contributed by atoms with van der Waals surface area (Å²) in [7, 11) is 0. The molecular weight excluding hydrogens is 685 g/mol. The van der Waals surface area contributed by atoms with Crippen LogP contribution in [0.1, 0.15) is 0 Å². The van der Waals surface area contributed by atoms with Crippen LogP contribution in [0.3, 0.4) is 0 Å². The summed E-state index contributed by atoms with van der Waals surface area (Å²) in [6.45, 7) is 0. The zero-order chi connectivity index (χ0) is 36.3. The number of anilines is 3. The predicted molar refractivity (Wildman–Crippen MR) is 237 cm³/mol. The zero-order valence-electron chi connectivity index (χ0n) is 29.9. The lowest BCUT2D eigenvalue weighted by molar-refractivity contribution is 1.18. The molecule has 0 saturated carbocycles. The third-order valence-electron chi connectivity index (χ3n) is 11.0. The fraction of sp³-hybridized carbons (Fsp3) is 0. The van der Waals surface area contributed by atoms with Crippen molar-refractivity contribution in [2.45, 2.75) is 0 Å². The third kappa shape index (κ3) is 5.24. The monoisotopic (exact) mass is 718 g/mol. The molecule has 0 spiro atoms. The van der Waals surface area contributed by atoms with Gasteiger partial charge < -0.3 is 9.47 Å². The van der Waals surface area contributed by atoms with Gasteiger partial charge in [0.15, 0.2) is 0 Å². The summed E-state index contributed by atoms with van der Waals surface area (Å²) in [5, 5.41) is 7.67. The van der Waals surface area contributed by atoms with Crippen molar-refractivity contribution in [2.75, 3.05) is 4.90 Å². The van der Waals surface area contributed by atoms with Crippen molar-refractivity contribution >= 4 is 81.1 Å². The molecule has 0 bridgehead atoms. The topological polar surface area (TPSA) is 8.17 Å². The fourth-order valence-electron chi connectivity index (χ4n) is 8.43. The van der Waals surface area contributed by atoms with Crippen molar-refractivity contribution < 1.29 is 0 Å². The van der Waals surface area contributed by atoms with Crippen molar-refractivity contribution in [2.24, 2.45) is 0 Å². The minimum absolute atomic E-state index is 1.11. The molecule has 0 atom stereocenters. The molecule has 0 aliphatic heterocycles. The van der Waals surface area contributed by atoms with Crippen molar-refractivity contribution in [3.8, 4) is 27.9 Å². The molecule has 0 aliphatic carbocycles. The lowest BCUT2D eigenvalue weighted by Gasteiger charge is -2.27. The molecule has 0 amide bonds. The maximum absolute atomic E-state index is 2.43. The van der Waals surface area contributed by atoms with Gasteiger partial charge in [-0.2, -0.15) is 0 Å². The van der Waals surface area contributed by atoms with Crippen LogP contribution in [0.15, 0.2) is 206 Å². The highest BCUT2D eigenvalue weighted by molar-refractivity contribution is 7.26. The lowest BCUT2D eigenvalue weighted by Crippen LogP contribution is -2.10. The Kier molecular flexibility index (Phi) is 7.39. The number of fused-ring (bicyclic) bond motifs is 8. The second-order valence-corrected chi connectivity index (χ2v) is 15.2. The molecule has 0 N–H and O–H groups in total. The van der Waals surface area contributed by atoms with Gasteiger partial charge in [-0.1, -0.05) is 146 Å². The van der Waals surface area contributed by atoms with E-state index in [9.17, 15) is 0 Å². The van der Waals surface area contributed by atoms with Gasteiger partial charge in [-0.15, -0.1) is 11.3 Å². The molecule has 11 rings (SSSR count). The normalized spacial score (nSPS) is 11.6. The smallest absolute Gasteiger partial charge is 0.0541 e. The molecule has 258 valence electrons. The van der Waals surface area contributed by atoms with Crippen LogP contribution in [-0.4, -0.2) is 4.57 Å². The number of thiophene rings is 1. The first-order valence-corrected chi connectivity index (χ1v) is 19.6. The van der Waals surface area contributed by atoms with E-state index in [1.807, 2.05) is 11.3 Å². The van der Waals surface area contributed by atoms with E-state index in [2.05, 4.69) is 216 Å². The van der Waals surface area contributed by atoms with Crippen LogP contribution in [0, 0.1) is 0 Å². The number of rotatable bonds is 6. The summed E-state index contributed by atoms with van der Waals surface area (Å²) in [5.74, 6) is 0. The number of benzene rings is 9. The van der Waals surface area contributed by atoms with Crippen molar-refractivity contribution in [3.05, 3.63) is 206 Å². The van der Waals surface area contributed by atoms with Crippen LogP contribution >= 0.6 is 11.3 Å². The summed E-state index contributed by atoms with van der Waals surface area (Å²) >= 11 is 1.88. The maximum atomic E-state index is 2.43. The molecule has 3 heteroatoms. The zero-order valence-corrected chi connectivity index (χ0v) is 30.7. The van der Waals surface area contributed by atoms with Crippen molar-refractivity contribution in [1.82, 2.24) is 4.57 Å². The van der Waals surface area contributed by atoms with E-state index in [-0.39, 0.29) is 0 Å². The highest BCUT2D eigenvalue weighted by Crippen LogP contribution is 2.45. The molecule has 11 aromatic rings. The van der Waals surface area contributed by atoms with E-state index in [1.165, 1.54) is 69.4 Å². The average molecular weight is 719 g/mol. The van der Waals surface area contributed by atoms with Crippen LogP contribution in [-0.2, 0) is 0 Å². The number of hydrogen-bond acceptors (Lipinski definition) is 2. The number of nitrogens with zero attached hydrogens (tertiary/aromatic N) is 2. The van der Waals surface area contributed by atoms with E-state index in [0.717, 1.165) is 28.3 Å². The second-order valence-electron chi connectivity index (χ2n) is 14.1. The molecule has 0 unspecified atom stereocenters. The summed E-state index contributed by atoms with van der Waals surface area (Å²) in [6.07, 6.45) is 0. The standard InChI is InChI=1S/C52H34N2S/c1-2-13-35(14-3-1)36-27-29-39(30-28-36)53(48-25-12-22-46-44(48)31-32-47-45-21-6-9-26-51(45)55-52(46)47)40-17-10-15-37(33-40)38-16-11-18-41(34-38)54-49-23-7-4-19-42(49)43-20-5-8-24-50(43)54/h1-34H. The molecule has 2 heterocycles. The fourth-order valence-corrected chi connectivity index (χ4v) is 9.66. The molecule has 55 heavy (non-hydrogen) atoms. The molecule has 2 aromatic heterocycles. The summed E-state index contributed by atoms with van der Waals surface area (Å²) in [6, 6.07) is 75.1. The quantitative estimate of drug-likeness (QED) is 0.166. The van der Waals surface area contributed by atoms with Crippen LogP contribution in [0.25, 0.3) is 80.7 Å². The van der Waals surface area contributed by atoms with E-state index < -0.39 is 0 Å². The minimum Gasteiger partial charge on any atom is -0.310 e. The second kappa shape index (κ2) is 12.9. The Morgan fingerprint density at radius 3 is 1.69 bits per heavy atom. The number of hydrogen-bond donors (Lipinski definition) is 0. The molecular formula is C52H34N2S. The predicted octanol–water partition coefficient (Wildman–Crippen LogP) is 15.1. The van der Waals surface area contributed by atoms with Gasteiger partial charge in [-0.05, 0) is 82.9 Å². The van der Waals surface area contributed by atoms with Gasteiger partial charge in [-0.25, -0.2) is 0 Å². The number of para-hydroxylation sites is 2. The van der Waals surface area contributed by atoms with Gasteiger partial charge in [0.05, 0.1) is 16.7 Å². The third-order valence-corrected chi connectivity index (χ3v) is 12.2. The first-order valence-electron chi connectivity index (χ1n) is 18.8. The molecule has 9 aromatic carbocycles. The number of aromatic nitrogens is 1. The SMILES string of the molecule is c1ccc(-c2ccc(N(c3cccc(-c4cccc(-n5c6ccccc6c6ccccc65)c4)c3)c3cccc4c3ccc3c5ccccc5sc43)cc2)cc1. The van der Waals surface area contributed by atoms with Gasteiger partial charge in [-0.3, -0.25) is 0 Å². The molecule has 0 aliphatic rings. The highest BCUT2D eigenvalue weighted by Gasteiger charge is 2.19. The Morgan fingerprint density at radius 1 is 0.345 bits per heavy atom. The first kappa shape index (κ1) is 31.6. The molecule has 0 saturated heterocycles. The minimum atomic E-state index is 1.11. The van der Waals surface area contributed by atoms with Gasteiger partial charge in [0, 0.05) is 58.8 Å². The van der Waals surface area contributed by atoms with E-state index in [4.69, 9.17) is 0 Å². The van der Waals surface area contributed by atoms with Crippen LogP contribution < -0.4 is 4.90 Å². The average Bonchev–Trinajstić information content (AvgIpc) is 3.81. The Morgan fingerprint density at radius 2 is 0.909 bits per heavy atom. The largest absolute Gasteiger partial charge is 0.310 e. The highest BCUT2D eigenvalue weighted by atomic mass is 32.1. The Labute approximate surface area is 323 Å². The maximum Gasteiger partial charge on any atom is 0.0541 e. The molecule has 0 radical (unpaired) electrons. The van der Waals surface area contributed by atoms with Crippen LogP contribution in [0.4, 0.5) is 17.1 Å². The lowest BCUT2D eigenvalue weighted by atomic mass is 10.0. The van der Waals surface area contributed by atoms with Crippen LogP contribution in [0.2, 0.25) is 0 Å². The molecule has 2 nitrogen and oxygen atoms in total. The van der Waals surface area contributed by atoms with Crippen molar-refractivity contribution in [1.29, 1.82) is 0 Å². The molecule has 0 fully saturated rings. The Bertz CT molecular complexity index is 3150. The van der Waals surface area contributed by atoms with Crippen LogP contribution in [0.5, 0.6) is 0 Å². The van der Waals surface area contributed by atoms with E-state index in [1.54, 1.807) is 0 Å². The summed E-state index contributed by atoms with van der Waals surface area (Å²) < 4.78 is 5.04. The Hall–Kier alpha value is -6.94. The van der Waals surface area contributed by atoms with Gasteiger partial charge in [0.25, 0.3) is 0 Å². The first-order chi connectivity index (χ1) is 27.3. The van der Waals surface area contributed by atoms with Gasteiger partial charge in [0.2, 0.25) is 0 Å².